The predicted octanol–water partition coefficient (Wildman–Crippen LogP) is 5.91. The number of thiophene rings is 1. The molecule has 31 heavy (non-hydrogen) atoms. The number of carbonyl (C=O) groups is 2. The number of nitrogens with one attached hydrogen (secondary N) is 1. The van der Waals surface area contributed by atoms with Gasteiger partial charge in [0, 0.05) is 16.0 Å². The van der Waals surface area contributed by atoms with Gasteiger partial charge in [0.2, 0.25) is 0 Å². The second-order valence-electron chi connectivity index (χ2n) is 7.54. The van der Waals surface area contributed by atoms with Crippen LogP contribution in [0.25, 0.3) is 16.3 Å². The van der Waals surface area contributed by atoms with Gasteiger partial charge in [0.1, 0.15) is 5.70 Å². The Balaban J connectivity index is 1.67. The summed E-state index contributed by atoms with van der Waals surface area (Å²) < 4.78 is 0. The number of anilines is 2. The van der Waals surface area contributed by atoms with Crippen LogP contribution in [0.1, 0.15) is 16.0 Å². The number of amides is 2. The molecular weight excluding hydrogens is 404 g/mol. The maximum atomic E-state index is 13.7. The van der Waals surface area contributed by atoms with Crippen molar-refractivity contribution in [2.24, 2.45) is 0 Å². The lowest BCUT2D eigenvalue weighted by molar-refractivity contribution is -0.120. The minimum absolute atomic E-state index is 0.309. The molecule has 5 heteroatoms. The molecule has 3 aromatic carbocycles. The van der Waals surface area contributed by atoms with Crippen molar-refractivity contribution < 1.29 is 9.59 Å². The van der Waals surface area contributed by atoms with Crippen LogP contribution in [0, 0.1) is 13.8 Å². The van der Waals surface area contributed by atoms with Gasteiger partial charge in [-0.2, -0.15) is 0 Å². The SMILES string of the molecule is Cc1cccc(NC2=C(c3cccs3)C(=O)N(c3cccc4ccccc34)C2=O)c1C. The molecule has 1 aliphatic heterocycles. The summed E-state index contributed by atoms with van der Waals surface area (Å²) in [6, 6.07) is 23.1. The van der Waals surface area contributed by atoms with Gasteiger partial charge < -0.3 is 5.32 Å². The van der Waals surface area contributed by atoms with E-state index in [-0.39, 0.29) is 11.8 Å². The molecule has 1 aromatic heterocycles. The molecule has 0 radical (unpaired) electrons. The first kappa shape index (κ1) is 19.3. The van der Waals surface area contributed by atoms with Gasteiger partial charge in [-0.15, -0.1) is 11.3 Å². The lowest BCUT2D eigenvalue weighted by Crippen LogP contribution is -2.32. The van der Waals surface area contributed by atoms with Gasteiger partial charge in [-0.25, -0.2) is 4.90 Å². The minimum Gasteiger partial charge on any atom is -0.350 e. The van der Waals surface area contributed by atoms with Crippen molar-refractivity contribution in [3.63, 3.8) is 0 Å². The highest BCUT2D eigenvalue weighted by atomic mass is 32.1. The molecular formula is C26H20N2O2S. The summed E-state index contributed by atoms with van der Waals surface area (Å²) in [4.78, 5) is 29.3. The second-order valence-corrected chi connectivity index (χ2v) is 8.49. The molecule has 0 fully saturated rings. The van der Waals surface area contributed by atoms with Crippen molar-refractivity contribution in [1.29, 1.82) is 0 Å². The van der Waals surface area contributed by atoms with Gasteiger partial charge in [-0.1, -0.05) is 54.6 Å². The van der Waals surface area contributed by atoms with E-state index in [1.54, 1.807) is 0 Å². The van der Waals surface area contributed by atoms with Crippen LogP contribution >= 0.6 is 11.3 Å². The average Bonchev–Trinajstić information content (AvgIpc) is 3.38. The predicted molar refractivity (Wildman–Crippen MR) is 127 cm³/mol. The molecule has 2 heterocycles. The Morgan fingerprint density at radius 2 is 1.58 bits per heavy atom. The Labute approximate surface area is 184 Å². The highest BCUT2D eigenvalue weighted by Gasteiger charge is 2.41. The van der Waals surface area contributed by atoms with Gasteiger partial charge in [-0.3, -0.25) is 9.59 Å². The maximum absolute atomic E-state index is 13.7. The number of imide groups is 1. The molecule has 0 bridgehead atoms. The molecule has 0 saturated carbocycles. The molecule has 4 aromatic rings. The van der Waals surface area contributed by atoms with Gasteiger partial charge in [-0.05, 0) is 53.9 Å². The highest BCUT2D eigenvalue weighted by molar-refractivity contribution is 7.11. The summed E-state index contributed by atoms with van der Waals surface area (Å²) in [5.74, 6) is -0.651. The largest absolute Gasteiger partial charge is 0.350 e. The molecule has 1 aliphatic rings. The normalized spacial score (nSPS) is 14.1. The first-order valence-corrected chi connectivity index (χ1v) is 10.9. The summed E-state index contributed by atoms with van der Waals surface area (Å²) in [5.41, 5.74) is 4.31. The number of fused-ring (bicyclic) bond motifs is 1. The Bertz CT molecular complexity index is 1360. The van der Waals surface area contributed by atoms with E-state index < -0.39 is 0 Å². The molecule has 0 saturated heterocycles. The fourth-order valence-corrected chi connectivity index (χ4v) is 4.71. The summed E-state index contributed by atoms with van der Waals surface area (Å²) in [7, 11) is 0. The summed E-state index contributed by atoms with van der Waals surface area (Å²) in [5, 5.41) is 7.05. The number of hydrogen-bond acceptors (Lipinski definition) is 4. The van der Waals surface area contributed by atoms with E-state index in [1.165, 1.54) is 16.2 Å². The van der Waals surface area contributed by atoms with Crippen LogP contribution in [0.4, 0.5) is 11.4 Å². The third-order valence-corrected chi connectivity index (χ3v) is 6.61. The quantitative estimate of drug-likeness (QED) is 0.414. The number of rotatable bonds is 4. The van der Waals surface area contributed by atoms with Crippen molar-refractivity contribution in [2.75, 3.05) is 10.2 Å². The lowest BCUT2D eigenvalue weighted by Gasteiger charge is -2.18. The van der Waals surface area contributed by atoms with Crippen LogP contribution in [0.2, 0.25) is 0 Å². The molecule has 4 nitrogen and oxygen atoms in total. The van der Waals surface area contributed by atoms with Crippen LogP contribution in [0.3, 0.4) is 0 Å². The van der Waals surface area contributed by atoms with Crippen LogP contribution in [0.5, 0.6) is 0 Å². The first-order valence-electron chi connectivity index (χ1n) is 10.0. The Hall–Kier alpha value is -3.70. The van der Waals surface area contributed by atoms with Crippen LogP contribution < -0.4 is 10.2 Å². The van der Waals surface area contributed by atoms with Crippen LogP contribution in [-0.2, 0) is 9.59 Å². The van der Waals surface area contributed by atoms with Gasteiger partial charge >= 0.3 is 0 Å². The Kier molecular flexibility index (Phi) is 4.68. The fourth-order valence-electron chi connectivity index (χ4n) is 3.94. The van der Waals surface area contributed by atoms with E-state index >= 15 is 0 Å². The van der Waals surface area contributed by atoms with Crippen molar-refractivity contribution in [3.8, 4) is 0 Å². The van der Waals surface area contributed by atoms with Crippen molar-refractivity contribution in [1.82, 2.24) is 0 Å². The lowest BCUT2D eigenvalue weighted by atomic mass is 10.1. The molecule has 152 valence electrons. The van der Waals surface area contributed by atoms with E-state index in [0.29, 0.717) is 17.0 Å². The monoisotopic (exact) mass is 424 g/mol. The number of benzene rings is 3. The van der Waals surface area contributed by atoms with Crippen LogP contribution in [-0.4, -0.2) is 11.8 Å². The topological polar surface area (TPSA) is 49.4 Å². The number of aryl methyl sites for hydroxylation is 1. The number of nitrogens with zero attached hydrogens (tertiary/aromatic N) is 1. The van der Waals surface area contributed by atoms with E-state index in [2.05, 4.69) is 5.32 Å². The fraction of sp³-hybridized carbons (Fsp3) is 0.0769. The smallest absolute Gasteiger partial charge is 0.282 e. The zero-order valence-electron chi connectivity index (χ0n) is 17.2. The third kappa shape index (κ3) is 3.14. The van der Waals surface area contributed by atoms with Crippen LogP contribution in [0.15, 0.2) is 83.9 Å². The van der Waals surface area contributed by atoms with Gasteiger partial charge in [0.15, 0.2) is 0 Å². The van der Waals surface area contributed by atoms with Gasteiger partial charge in [0.25, 0.3) is 11.8 Å². The zero-order valence-corrected chi connectivity index (χ0v) is 18.0. The molecule has 5 rings (SSSR count). The summed E-state index contributed by atoms with van der Waals surface area (Å²) >= 11 is 1.45. The van der Waals surface area contributed by atoms with E-state index in [4.69, 9.17) is 0 Å². The molecule has 0 atom stereocenters. The average molecular weight is 425 g/mol. The number of carbonyl (C=O) groups excluding carboxylic acids is 2. The second kappa shape index (κ2) is 7.52. The van der Waals surface area contributed by atoms with E-state index in [1.807, 2.05) is 92.0 Å². The molecule has 0 unspecified atom stereocenters. The minimum atomic E-state index is -0.342. The molecule has 0 aliphatic carbocycles. The Morgan fingerprint density at radius 3 is 2.39 bits per heavy atom. The first-order chi connectivity index (χ1) is 15.1. The van der Waals surface area contributed by atoms with Crippen molar-refractivity contribution >= 4 is 50.9 Å². The highest BCUT2D eigenvalue weighted by Crippen LogP contribution is 2.38. The van der Waals surface area contributed by atoms with E-state index in [0.717, 1.165) is 32.5 Å². The van der Waals surface area contributed by atoms with Gasteiger partial charge in [0.05, 0.1) is 11.3 Å². The third-order valence-electron chi connectivity index (χ3n) is 5.72. The standard InChI is InChI=1S/C26H20N2O2S/c1-16-8-5-12-20(17(16)2)27-24-23(22-14-7-15-31-22)25(29)28(26(24)30)21-13-6-10-18-9-3-4-11-19(18)21/h3-15,27H,1-2H3. The maximum Gasteiger partial charge on any atom is 0.282 e. The number of hydrogen-bond donors (Lipinski definition) is 1. The van der Waals surface area contributed by atoms with Crippen molar-refractivity contribution in [3.05, 3.63) is 99.9 Å². The zero-order chi connectivity index (χ0) is 21.5. The molecule has 2 amide bonds. The summed E-state index contributed by atoms with van der Waals surface area (Å²) in [6.07, 6.45) is 0. The molecule has 0 spiro atoms. The Morgan fingerprint density at radius 1 is 0.806 bits per heavy atom. The summed E-state index contributed by atoms with van der Waals surface area (Å²) in [6.45, 7) is 4.03. The van der Waals surface area contributed by atoms with Crippen molar-refractivity contribution in [2.45, 2.75) is 13.8 Å². The van der Waals surface area contributed by atoms with E-state index in [9.17, 15) is 9.59 Å². The molecule has 1 N–H and O–H groups in total.